The van der Waals surface area contributed by atoms with E-state index in [1.54, 1.807) is 30.3 Å². The lowest BCUT2D eigenvalue weighted by Gasteiger charge is -2.08. The topological polar surface area (TPSA) is 114 Å². The molecule has 2 rings (SSSR count). The highest BCUT2D eigenvalue weighted by molar-refractivity contribution is 5.94. The summed E-state index contributed by atoms with van der Waals surface area (Å²) >= 11 is 0. The molecule has 0 saturated heterocycles. The van der Waals surface area contributed by atoms with Crippen LogP contribution in [0.5, 0.6) is 0 Å². The molecular weight excluding hydrogens is 386 g/mol. The lowest BCUT2D eigenvalue weighted by atomic mass is 10.2. The number of anilines is 2. The molecule has 0 saturated carbocycles. The summed E-state index contributed by atoms with van der Waals surface area (Å²) in [6, 6.07) is 15.8. The van der Waals surface area contributed by atoms with E-state index in [0.29, 0.717) is 11.4 Å². The fraction of sp³-hybridized carbons (Fsp3) is 0.182. The van der Waals surface area contributed by atoms with E-state index >= 15 is 0 Å². The molecular formula is C22H23N3O5. The third-order valence-electron chi connectivity index (χ3n) is 3.71. The number of carbonyl (C=O) groups excluding carboxylic acids is 4. The summed E-state index contributed by atoms with van der Waals surface area (Å²) in [5, 5.41) is 7.76. The highest BCUT2D eigenvalue weighted by Crippen LogP contribution is 2.13. The fourth-order valence-electron chi connectivity index (χ4n) is 2.34. The first-order valence-corrected chi connectivity index (χ1v) is 9.26. The van der Waals surface area contributed by atoms with Crippen LogP contribution in [0.25, 0.3) is 6.08 Å². The minimum absolute atomic E-state index is 0.0520. The van der Waals surface area contributed by atoms with E-state index in [9.17, 15) is 19.2 Å². The molecule has 0 radical (unpaired) electrons. The third kappa shape index (κ3) is 8.83. The maximum absolute atomic E-state index is 11.8. The predicted octanol–water partition coefficient (Wildman–Crippen LogP) is 2.35. The molecule has 0 spiro atoms. The first-order chi connectivity index (χ1) is 14.4. The van der Waals surface area contributed by atoms with Crippen LogP contribution in [-0.2, 0) is 23.9 Å². The molecule has 0 atom stereocenters. The SMILES string of the molecule is CC(=O)Nc1ccc(NC(=O)COC(=O)CCNC(=O)/C=C/c2ccccc2)cc1. The Kier molecular flexibility index (Phi) is 8.79. The van der Waals surface area contributed by atoms with E-state index in [2.05, 4.69) is 16.0 Å². The molecule has 156 valence electrons. The van der Waals surface area contributed by atoms with Crippen molar-refractivity contribution in [2.45, 2.75) is 13.3 Å². The zero-order valence-electron chi connectivity index (χ0n) is 16.5. The highest BCUT2D eigenvalue weighted by Gasteiger charge is 2.08. The van der Waals surface area contributed by atoms with E-state index in [4.69, 9.17) is 4.74 Å². The fourth-order valence-corrected chi connectivity index (χ4v) is 2.34. The van der Waals surface area contributed by atoms with E-state index in [1.165, 1.54) is 13.0 Å². The molecule has 0 aliphatic heterocycles. The maximum Gasteiger partial charge on any atom is 0.308 e. The molecule has 2 aromatic carbocycles. The van der Waals surface area contributed by atoms with Crippen LogP contribution < -0.4 is 16.0 Å². The Morgan fingerprint density at radius 3 is 2.17 bits per heavy atom. The summed E-state index contributed by atoms with van der Waals surface area (Å²) in [6.45, 7) is 1.06. The van der Waals surface area contributed by atoms with Crippen molar-refractivity contribution in [2.24, 2.45) is 0 Å². The lowest BCUT2D eigenvalue weighted by Crippen LogP contribution is -2.26. The molecule has 0 aliphatic rings. The molecule has 0 bridgehead atoms. The van der Waals surface area contributed by atoms with Crippen molar-refractivity contribution in [3.05, 3.63) is 66.2 Å². The second-order valence-corrected chi connectivity index (χ2v) is 6.25. The Hall–Kier alpha value is -3.94. The average molecular weight is 409 g/mol. The Morgan fingerprint density at radius 2 is 1.53 bits per heavy atom. The molecule has 2 aromatic rings. The number of amides is 3. The van der Waals surface area contributed by atoms with Gasteiger partial charge < -0.3 is 20.7 Å². The van der Waals surface area contributed by atoms with Gasteiger partial charge in [0.15, 0.2) is 6.61 Å². The number of carbonyl (C=O) groups is 4. The minimum atomic E-state index is -0.599. The number of ether oxygens (including phenoxy) is 1. The standard InChI is InChI=1S/C22H23N3O5/c1-16(26)24-18-8-10-19(11-9-18)25-21(28)15-30-22(29)13-14-23-20(27)12-7-17-5-3-2-4-6-17/h2-12H,13-15H2,1H3,(H,23,27)(H,24,26)(H,25,28)/b12-7+. The Balaban J connectivity index is 1.63. The molecule has 0 fully saturated rings. The van der Waals surface area contributed by atoms with Gasteiger partial charge in [-0.2, -0.15) is 0 Å². The van der Waals surface area contributed by atoms with Gasteiger partial charge in [-0.15, -0.1) is 0 Å². The predicted molar refractivity (Wildman–Crippen MR) is 113 cm³/mol. The van der Waals surface area contributed by atoms with Gasteiger partial charge in [0, 0.05) is 30.9 Å². The minimum Gasteiger partial charge on any atom is -0.456 e. The van der Waals surface area contributed by atoms with Crippen LogP contribution in [0, 0.1) is 0 Å². The monoisotopic (exact) mass is 409 g/mol. The van der Waals surface area contributed by atoms with Gasteiger partial charge in [-0.3, -0.25) is 19.2 Å². The highest BCUT2D eigenvalue weighted by atomic mass is 16.5. The van der Waals surface area contributed by atoms with E-state index in [1.807, 2.05) is 30.3 Å². The van der Waals surface area contributed by atoms with Gasteiger partial charge in [0.1, 0.15) is 0 Å². The number of benzene rings is 2. The van der Waals surface area contributed by atoms with Gasteiger partial charge in [0.2, 0.25) is 11.8 Å². The van der Waals surface area contributed by atoms with Crippen LogP contribution in [0.15, 0.2) is 60.7 Å². The number of esters is 1. The molecule has 30 heavy (non-hydrogen) atoms. The van der Waals surface area contributed by atoms with Crippen molar-refractivity contribution < 1.29 is 23.9 Å². The van der Waals surface area contributed by atoms with Gasteiger partial charge >= 0.3 is 5.97 Å². The van der Waals surface area contributed by atoms with Crippen molar-refractivity contribution in [3.63, 3.8) is 0 Å². The van der Waals surface area contributed by atoms with Crippen molar-refractivity contribution in [2.75, 3.05) is 23.8 Å². The molecule has 0 aromatic heterocycles. The molecule has 0 unspecified atom stereocenters. The van der Waals surface area contributed by atoms with Crippen LogP contribution in [-0.4, -0.2) is 36.8 Å². The molecule has 0 heterocycles. The van der Waals surface area contributed by atoms with E-state index < -0.39 is 18.5 Å². The summed E-state index contributed by atoms with van der Waals surface area (Å²) in [5.74, 6) is -1.61. The first kappa shape index (κ1) is 22.4. The van der Waals surface area contributed by atoms with Crippen molar-refractivity contribution >= 4 is 41.1 Å². The maximum atomic E-state index is 11.8. The number of hydrogen-bond donors (Lipinski definition) is 3. The van der Waals surface area contributed by atoms with Crippen LogP contribution in [0.1, 0.15) is 18.9 Å². The van der Waals surface area contributed by atoms with Crippen molar-refractivity contribution in [1.82, 2.24) is 5.32 Å². The third-order valence-corrected chi connectivity index (χ3v) is 3.71. The summed E-state index contributed by atoms with van der Waals surface area (Å²) in [7, 11) is 0. The quantitative estimate of drug-likeness (QED) is 0.435. The Morgan fingerprint density at radius 1 is 0.900 bits per heavy atom. The molecule has 8 heteroatoms. The van der Waals surface area contributed by atoms with Crippen molar-refractivity contribution in [3.8, 4) is 0 Å². The second-order valence-electron chi connectivity index (χ2n) is 6.25. The molecule has 0 aliphatic carbocycles. The smallest absolute Gasteiger partial charge is 0.308 e. The summed E-state index contributed by atoms with van der Waals surface area (Å²) < 4.78 is 4.89. The van der Waals surface area contributed by atoms with Gasteiger partial charge in [0.05, 0.1) is 6.42 Å². The number of nitrogens with one attached hydrogen (secondary N) is 3. The van der Waals surface area contributed by atoms with Gasteiger partial charge in [-0.25, -0.2) is 0 Å². The van der Waals surface area contributed by atoms with E-state index in [0.717, 1.165) is 5.56 Å². The Labute approximate surface area is 174 Å². The molecule has 8 nitrogen and oxygen atoms in total. The first-order valence-electron chi connectivity index (χ1n) is 9.26. The largest absolute Gasteiger partial charge is 0.456 e. The van der Waals surface area contributed by atoms with Crippen LogP contribution >= 0.6 is 0 Å². The van der Waals surface area contributed by atoms with Gasteiger partial charge in [-0.1, -0.05) is 30.3 Å². The van der Waals surface area contributed by atoms with Gasteiger partial charge in [0.25, 0.3) is 5.91 Å². The van der Waals surface area contributed by atoms with Crippen LogP contribution in [0.3, 0.4) is 0 Å². The zero-order chi connectivity index (χ0) is 21.8. The summed E-state index contributed by atoms with van der Waals surface area (Å²) in [5.41, 5.74) is 2.00. The Bertz CT molecular complexity index is 908. The number of rotatable bonds is 9. The van der Waals surface area contributed by atoms with Crippen LogP contribution in [0.4, 0.5) is 11.4 Å². The van der Waals surface area contributed by atoms with Crippen molar-refractivity contribution in [1.29, 1.82) is 0 Å². The molecule has 3 N–H and O–H groups in total. The summed E-state index contributed by atoms with van der Waals surface area (Å²) in [6.07, 6.45) is 3.00. The van der Waals surface area contributed by atoms with Crippen LogP contribution in [0.2, 0.25) is 0 Å². The number of hydrogen-bond acceptors (Lipinski definition) is 5. The lowest BCUT2D eigenvalue weighted by molar-refractivity contribution is -0.147. The summed E-state index contributed by atoms with van der Waals surface area (Å²) in [4.78, 5) is 46.2. The zero-order valence-corrected chi connectivity index (χ0v) is 16.5. The van der Waals surface area contributed by atoms with Gasteiger partial charge in [-0.05, 0) is 35.9 Å². The normalized spacial score (nSPS) is 10.3. The molecule has 3 amide bonds. The average Bonchev–Trinajstić information content (AvgIpc) is 2.72. The second kappa shape index (κ2) is 11.8. The van der Waals surface area contributed by atoms with E-state index in [-0.39, 0.29) is 24.8 Å².